The van der Waals surface area contributed by atoms with E-state index in [0.29, 0.717) is 36.3 Å². The molecule has 6 rings (SSSR count). The number of hydrogen-bond donors (Lipinski definition) is 0. The Morgan fingerprint density at radius 2 is 1.97 bits per heavy atom. The van der Waals surface area contributed by atoms with Crippen molar-refractivity contribution in [3.63, 3.8) is 0 Å². The maximum absolute atomic E-state index is 13.0. The molecule has 2 aliphatic heterocycles. The minimum absolute atomic E-state index is 0.00903. The third-order valence-electron chi connectivity index (χ3n) is 10.5. The molecule has 1 spiro atoms. The Morgan fingerprint density at radius 3 is 2.73 bits per heavy atom. The van der Waals surface area contributed by atoms with Gasteiger partial charge in [-0.25, -0.2) is 0 Å². The Bertz CT molecular complexity index is 835. The summed E-state index contributed by atoms with van der Waals surface area (Å²) < 4.78 is 11.2. The van der Waals surface area contributed by atoms with Crippen molar-refractivity contribution in [3.05, 3.63) is 11.1 Å². The number of carbonyl (C=O) groups is 2. The lowest BCUT2D eigenvalue weighted by molar-refractivity contribution is -0.187. The van der Waals surface area contributed by atoms with E-state index in [4.69, 9.17) is 9.47 Å². The molecule has 0 amide bonds. The molecule has 0 radical (unpaired) electrons. The summed E-state index contributed by atoms with van der Waals surface area (Å²) in [6.07, 6.45) is 7.92. The lowest BCUT2D eigenvalue weighted by Gasteiger charge is -2.66. The summed E-state index contributed by atoms with van der Waals surface area (Å²) >= 11 is 0. The first kappa shape index (κ1) is 19.3. The van der Waals surface area contributed by atoms with Gasteiger partial charge in [-0.2, -0.15) is 0 Å². The fraction of sp³-hybridized carbons (Fsp3) is 0.840. The summed E-state index contributed by atoms with van der Waals surface area (Å²) in [7, 11) is 1.55. The van der Waals surface area contributed by atoms with Gasteiger partial charge in [-0.3, -0.25) is 14.5 Å². The summed E-state index contributed by atoms with van der Waals surface area (Å²) in [6, 6.07) is 0.506. The highest BCUT2D eigenvalue weighted by molar-refractivity contribution is 5.75. The van der Waals surface area contributed by atoms with E-state index in [-0.39, 0.29) is 28.7 Å². The van der Waals surface area contributed by atoms with Crippen LogP contribution in [0.4, 0.5) is 0 Å². The van der Waals surface area contributed by atoms with Crippen molar-refractivity contribution in [2.24, 2.45) is 40.4 Å². The van der Waals surface area contributed by atoms with Crippen LogP contribution in [0.1, 0.15) is 58.8 Å². The molecule has 4 fully saturated rings. The van der Waals surface area contributed by atoms with E-state index in [1.807, 2.05) is 0 Å². The van der Waals surface area contributed by atoms with Crippen molar-refractivity contribution in [3.8, 4) is 0 Å². The summed E-state index contributed by atoms with van der Waals surface area (Å²) in [5, 5.41) is 0. The first-order valence-corrected chi connectivity index (χ1v) is 12.1. The van der Waals surface area contributed by atoms with Gasteiger partial charge in [-0.05, 0) is 68.6 Å². The van der Waals surface area contributed by atoms with Crippen LogP contribution in [-0.4, -0.2) is 49.7 Å². The molecule has 5 heteroatoms. The second-order valence-electron chi connectivity index (χ2n) is 11.2. The highest BCUT2D eigenvalue weighted by Crippen LogP contribution is 2.76. The van der Waals surface area contributed by atoms with Crippen molar-refractivity contribution in [1.82, 2.24) is 4.90 Å². The van der Waals surface area contributed by atoms with E-state index in [0.717, 1.165) is 32.2 Å². The third kappa shape index (κ3) is 2.13. The summed E-state index contributed by atoms with van der Waals surface area (Å²) in [5.74, 6) is 2.09. The Balaban J connectivity index is 1.58. The van der Waals surface area contributed by atoms with Crippen LogP contribution in [0.5, 0.6) is 0 Å². The molecule has 0 aromatic rings. The molecule has 6 aliphatic rings. The molecule has 8 atom stereocenters. The minimum Gasteiger partial charge on any atom is -0.469 e. The van der Waals surface area contributed by atoms with Crippen LogP contribution < -0.4 is 0 Å². The van der Waals surface area contributed by atoms with Gasteiger partial charge in [-0.1, -0.05) is 18.1 Å². The SMILES string of the molecule is COC(=O)[C@@H]1C[C@@]23C4=C(CC[C@@H]5CN6C[C@H](C)[C@H](CC[C@@]52COC(C)=O)[C@@H]63)CC[C@@H]41. The van der Waals surface area contributed by atoms with Crippen LogP contribution >= 0.6 is 0 Å². The van der Waals surface area contributed by atoms with Gasteiger partial charge in [0, 0.05) is 36.9 Å². The Morgan fingerprint density at radius 1 is 1.17 bits per heavy atom. The number of carbonyl (C=O) groups excluding carboxylic acids is 2. The van der Waals surface area contributed by atoms with E-state index < -0.39 is 0 Å². The number of allylic oxidation sites excluding steroid dienone is 1. The van der Waals surface area contributed by atoms with Crippen molar-refractivity contribution < 1.29 is 19.1 Å². The molecule has 4 aliphatic carbocycles. The highest BCUT2D eigenvalue weighted by atomic mass is 16.5. The number of nitrogens with zero attached hydrogens (tertiary/aromatic N) is 1. The van der Waals surface area contributed by atoms with Crippen molar-refractivity contribution >= 4 is 11.9 Å². The zero-order chi connectivity index (χ0) is 20.8. The monoisotopic (exact) mass is 413 g/mol. The molecular formula is C25H35NO4. The molecule has 30 heavy (non-hydrogen) atoms. The predicted molar refractivity (Wildman–Crippen MR) is 111 cm³/mol. The average molecular weight is 414 g/mol. The number of esters is 2. The lowest BCUT2D eigenvalue weighted by atomic mass is 9.43. The molecular weight excluding hydrogens is 378 g/mol. The molecule has 164 valence electrons. The maximum atomic E-state index is 13.0. The molecule has 4 bridgehead atoms. The van der Waals surface area contributed by atoms with Gasteiger partial charge in [0.1, 0.15) is 0 Å². The van der Waals surface area contributed by atoms with Crippen LogP contribution in [0.15, 0.2) is 11.1 Å². The fourth-order valence-corrected chi connectivity index (χ4v) is 9.67. The Hall–Kier alpha value is -1.36. The Kier molecular flexibility index (Phi) is 4.08. The van der Waals surface area contributed by atoms with Gasteiger partial charge in [-0.15, -0.1) is 0 Å². The van der Waals surface area contributed by atoms with Crippen LogP contribution in [0, 0.1) is 40.4 Å². The number of hydrogen-bond acceptors (Lipinski definition) is 5. The Labute approximate surface area is 179 Å². The van der Waals surface area contributed by atoms with Crippen LogP contribution in [0.2, 0.25) is 0 Å². The number of piperidine rings is 1. The fourth-order valence-electron chi connectivity index (χ4n) is 9.67. The summed E-state index contributed by atoms with van der Waals surface area (Å²) in [6.45, 7) is 6.85. The topological polar surface area (TPSA) is 55.8 Å². The highest BCUT2D eigenvalue weighted by Gasteiger charge is 2.75. The molecule has 2 saturated heterocycles. The van der Waals surface area contributed by atoms with Crippen LogP contribution in [0.3, 0.4) is 0 Å². The first-order valence-electron chi connectivity index (χ1n) is 12.1. The van der Waals surface area contributed by atoms with E-state index in [2.05, 4.69) is 11.8 Å². The summed E-state index contributed by atoms with van der Waals surface area (Å²) in [5.41, 5.74) is 3.28. The van der Waals surface area contributed by atoms with Crippen molar-refractivity contribution in [2.75, 3.05) is 26.8 Å². The smallest absolute Gasteiger partial charge is 0.309 e. The normalized spacial score (nSPS) is 48.4. The number of ether oxygens (including phenoxy) is 2. The second-order valence-corrected chi connectivity index (χ2v) is 11.2. The zero-order valence-electron chi connectivity index (χ0n) is 18.6. The minimum atomic E-state index is -0.165. The lowest BCUT2D eigenvalue weighted by Crippen LogP contribution is -2.68. The van der Waals surface area contributed by atoms with Crippen LogP contribution in [-0.2, 0) is 19.1 Å². The van der Waals surface area contributed by atoms with Crippen LogP contribution in [0.25, 0.3) is 0 Å². The predicted octanol–water partition coefficient (Wildman–Crippen LogP) is 3.58. The molecule has 0 unspecified atom stereocenters. The third-order valence-corrected chi connectivity index (χ3v) is 10.5. The molecule has 0 N–H and O–H groups in total. The van der Waals surface area contributed by atoms with Crippen molar-refractivity contribution in [1.29, 1.82) is 0 Å². The van der Waals surface area contributed by atoms with Crippen molar-refractivity contribution in [2.45, 2.75) is 64.8 Å². The molecule has 2 heterocycles. The van der Waals surface area contributed by atoms with Gasteiger partial charge in [0.25, 0.3) is 0 Å². The molecule has 2 saturated carbocycles. The largest absolute Gasteiger partial charge is 0.469 e. The number of methoxy groups -OCH3 is 1. The standard InChI is InChI=1S/C25H35NO4/c1-14-11-26-12-17-6-4-16-5-7-19-20(23(28)29-3)10-25(21(16)19)22(26)18(14)8-9-24(17,25)13-30-15(2)27/h14,17-20,22H,4-13H2,1-3H3/t14-,17+,18-,19+,20+,22+,24+,25-/m0/s1. The van der Waals surface area contributed by atoms with E-state index in [1.165, 1.54) is 25.8 Å². The van der Waals surface area contributed by atoms with E-state index in [9.17, 15) is 9.59 Å². The first-order chi connectivity index (χ1) is 14.4. The quantitative estimate of drug-likeness (QED) is 0.523. The van der Waals surface area contributed by atoms with E-state index in [1.54, 1.807) is 25.2 Å². The van der Waals surface area contributed by atoms with Gasteiger partial charge in [0.2, 0.25) is 0 Å². The maximum Gasteiger partial charge on any atom is 0.309 e. The van der Waals surface area contributed by atoms with Gasteiger partial charge < -0.3 is 9.47 Å². The van der Waals surface area contributed by atoms with Gasteiger partial charge in [0.15, 0.2) is 0 Å². The summed E-state index contributed by atoms with van der Waals surface area (Å²) in [4.78, 5) is 27.8. The van der Waals surface area contributed by atoms with Gasteiger partial charge >= 0.3 is 11.9 Å². The second kappa shape index (κ2) is 6.34. The zero-order valence-corrected chi connectivity index (χ0v) is 18.6. The number of rotatable bonds is 3. The average Bonchev–Trinajstić information content (AvgIpc) is 3.36. The van der Waals surface area contributed by atoms with E-state index >= 15 is 0 Å². The van der Waals surface area contributed by atoms with Gasteiger partial charge in [0.05, 0.1) is 19.6 Å². The molecule has 5 nitrogen and oxygen atoms in total. The molecule has 0 aromatic carbocycles. The molecule has 0 aromatic heterocycles.